The van der Waals surface area contributed by atoms with Gasteiger partial charge in [0.1, 0.15) is 5.75 Å². The Morgan fingerprint density at radius 2 is 2.00 bits per heavy atom. The molecule has 0 bridgehead atoms. The number of benzene rings is 2. The molecule has 2 aromatic heterocycles. The number of nitrogens with one attached hydrogen (secondary N) is 1. The van der Waals surface area contributed by atoms with Crippen LogP contribution in [0.2, 0.25) is 0 Å². The average Bonchev–Trinajstić information content (AvgIpc) is 3.38. The Labute approximate surface area is 160 Å². The minimum Gasteiger partial charge on any atom is -0.497 e. The molecule has 0 saturated carbocycles. The summed E-state index contributed by atoms with van der Waals surface area (Å²) < 4.78 is 11.8. The van der Waals surface area contributed by atoms with E-state index in [4.69, 9.17) is 9.26 Å². The molecule has 0 unspecified atom stereocenters. The van der Waals surface area contributed by atoms with E-state index in [9.17, 15) is 4.79 Å². The van der Waals surface area contributed by atoms with E-state index in [2.05, 4.69) is 25.8 Å². The molecule has 9 nitrogen and oxygen atoms in total. The Hall–Kier alpha value is -4.01. The summed E-state index contributed by atoms with van der Waals surface area (Å²) >= 11 is 0. The van der Waals surface area contributed by atoms with Gasteiger partial charge < -0.3 is 14.6 Å². The lowest BCUT2D eigenvalue weighted by molar-refractivity contribution is 0.0981. The summed E-state index contributed by atoms with van der Waals surface area (Å²) in [4.78, 5) is 16.4. The summed E-state index contributed by atoms with van der Waals surface area (Å²) in [5.41, 5.74) is 2.94. The lowest BCUT2D eigenvalue weighted by Gasteiger charge is -2.04. The molecule has 0 atom stereocenters. The first kappa shape index (κ1) is 17.4. The molecule has 0 aliphatic rings. The third-order valence-corrected chi connectivity index (χ3v) is 3.97. The number of amides is 1. The van der Waals surface area contributed by atoms with Crippen LogP contribution < -0.4 is 10.1 Å². The molecule has 0 aliphatic carbocycles. The molecule has 2 aromatic carbocycles. The number of nitrogens with zero attached hydrogens (tertiary/aromatic N) is 5. The third-order valence-electron chi connectivity index (χ3n) is 3.97. The van der Waals surface area contributed by atoms with Crippen LogP contribution in [0.25, 0.3) is 17.2 Å². The molecule has 1 N–H and O–H groups in total. The van der Waals surface area contributed by atoms with Crippen molar-refractivity contribution < 1.29 is 14.1 Å². The highest BCUT2D eigenvalue weighted by Crippen LogP contribution is 2.19. The van der Waals surface area contributed by atoms with Gasteiger partial charge in [0.15, 0.2) is 5.69 Å². The Balaban J connectivity index is 1.51. The molecule has 0 saturated heterocycles. The van der Waals surface area contributed by atoms with Gasteiger partial charge in [-0.1, -0.05) is 34.1 Å². The first-order chi connectivity index (χ1) is 13.6. The molecule has 28 heavy (non-hydrogen) atoms. The first-order valence-corrected chi connectivity index (χ1v) is 8.41. The number of rotatable bonds is 5. The number of carbonyl (C=O) groups excluding carboxylic acids is 1. The van der Waals surface area contributed by atoms with Crippen LogP contribution in [-0.4, -0.2) is 38.2 Å². The smallest absolute Gasteiger partial charge is 0.316 e. The monoisotopic (exact) mass is 376 g/mol. The predicted octanol–water partition coefficient (Wildman–Crippen LogP) is 2.89. The second-order valence-corrected chi connectivity index (χ2v) is 5.99. The Morgan fingerprint density at radius 3 is 2.79 bits per heavy atom. The number of hydrogen-bond donors (Lipinski definition) is 1. The Kier molecular flexibility index (Phi) is 4.55. The zero-order chi connectivity index (χ0) is 19.5. The lowest BCUT2D eigenvalue weighted by Crippen LogP contribution is -2.12. The molecule has 4 rings (SSSR count). The molecule has 0 spiro atoms. The second-order valence-electron chi connectivity index (χ2n) is 5.99. The summed E-state index contributed by atoms with van der Waals surface area (Å²) in [5, 5.41) is 14.6. The molecular formula is C19H16N6O3. The van der Waals surface area contributed by atoms with Crippen molar-refractivity contribution in [3.05, 3.63) is 66.2 Å². The molecular weight excluding hydrogens is 360 g/mol. The first-order valence-electron chi connectivity index (χ1n) is 8.41. The predicted molar refractivity (Wildman–Crippen MR) is 100 cm³/mol. The van der Waals surface area contributed by atoms with E-state index in [1.807, 2.05) is 31.2 Å². The fourth-order valence-corrected chi connectivity index (χ4v) is 2.50. The van der Waals surface area contributed by atoms with Gasteiger partial charge in [0.25, 0.3) is 0 Å². The van der Waals surface area contributed by atoms with Crippen LogP contribution in [0.4, 0.5) is 5.69 Å². The van der Waals surface area contributed by atoms with Crippen LogP contribution >= 0.6 is 0 Å². The topological polar surface area (TPSA) is 108 Å². The highest BCUT2D eigenvalue weighted by molar-refractivity contribution is 6.01. The lowest BCUT2D eigenvalue weighted by atomic mass is 10.2. The number of aryl methyl sites for hydroxylation is 1. The summed E-state index contributed by atoms with van der Waals surface area (Å²) in [6.45, 7) is 2.01. The van der Waals surface area contributed by atoms with Crippen molar-refractivity contribution in [2.75, 3.05) is 12.4 Å². The number of hydrogen-bond acceptors (Lipinski definition) is 7. The third kappa shape index (κ3) is 3.58. The van der Waals surface area contributed by atoms with Crippen LogP contribution in [0.5, 0.6) is 5.75 Å². The van der Waals surface area contributed by atoms with Gasteiger partial charge in [0.05, 0.1) is 19.0 Å². The van der Waals surface area contributed by atoms with E-state index in [1.165, 1.54) is 0 Å². The minimum atomic E-state index is -0.530. The van der Waals surface area contributed by atoms with E-state index in [0.29, 0.717) is 17.1 Å². The van der Waals surface area contributed by atoms with Gasteiger partial charge in [-0.25, -0.2) is 4.68 Å². The van der Waals surface area contributed by atoms with Crippen LogP contribution in [0.1, 0.15) is 16.2 Å². The van der Waals surface area contributed by atoms with Crippen molar-refractivity contribution in [1.29, 1.82) is 0 Å². The normalized spacial score (nSPS) is 10.6. The minimum absolute atomic E-state index is 0.175. The van der Waals surface area contributed by atoms with E-state index in [1.54, 1.807) is 42.3 Å². The Morgan fingerprint density at radius 1 is 1.18 bits per heavy atom. The number of aromatic nitrogens is 5. The SMILES string of the molecule is COc1cccc(NC(=O)c2nc(-c3cn(-c4ccc(C)cc4)nn3)no2)c1. The molecule has 0 radical (unpaired) electrons. The summed E-state index contributed by atoms with van der Waals surface area (Å²) in [6, 6.07) is 14.8. The zero-order valence-electron chi connectivity index (χ0n) is 15.2. The van der Waals surface area contributed by atoms with Crippen molar-refractivity contribution in [2.45, 2.75) is 6.92 Å². The summed E-state index contributed by atoms with van der Waals surface area (Å²) in [6.07, 6.45) is 1.67. The molecule has 1 amide bonds. The summed E-state index contributed by atoms with van der Waals surface area (Å²) in [5.74, 6) is 0.0894. The van der Waals surface area contributed by atoms with Crippen molar-refractivity contribution in [2.24, 2.45) is 0 Å². The van der Waals surface area contributed by atoms with Gasteiger partial charge in [-0.2, -0.15) is 4.98 Å². The number of methoxy groups -OCH3 is 1. The zero-order valence-corrected chi connectivity index (χ0v) is 15.2. The van der Waals surface area contributed by atoms with Gasteiger partial charge in [-0.3, -0.25) is 4.79 Å². The van der Waals surface area contributed by atoms with Crippen LogP contribution in [0.3, 0.4) is 0 Å². The largest absolute Gasteiger partial charge is 0.497 e. The highest BCUT2D eigenvalue weighted by atomic mass is 16.5. The van der Waals surface area contributed by atoms with Gasteiger partial charge in [0, 0.05) is 11.8 Å². The average molecular weight is 376 g/mol. The van der Waals surface area contributed by atoms with Crippen LogP contribution in [0.15, 0.2) is 59.3 Å². The molecule has 140 valence electrons. The van der Waals surface area contributed by atoms with E-state index in [0.717, 1.165) is 11.3 Å². The van der Waals surface area contributed by atoms with Gasteiger partial charge in [0.2, 0.25) is 5.82 Å². The molecule has 9 heteroatoms. The Bertz CT molecular complexity index is 1120. The number of ether oxygens (including phenoxy) is 1. The molecule has 0 fully saturated rings. The summed E-state index contributed by atoms with van der Waals surface area (Å²) in [7, 11) is 1.55. The number of anilines is 1. The molecule has 2 heterocycles. The van der Waals surface area contributed by atoms with Gasteiger partial charge in [-0.05, 0) is 31.2 Å². The molecule has 0 aliphatic heterocycles. The maximum atomic E-state index is 12.3. The van der Waals surface area contributed by atoms with Crippen LogP contribution in [0, 0.1) is 6.92 Å². The number of carbonyl (C=O) groups is 1. The van der Waals surface area contributed by atoms with Gasteiger partial charge >= 0.3 is 11.8 Å². The maximum absolute atomic E-state index is 12.3. The second kappa shape index (κ2) is 7.31. The standard InChI is InChI=1S/C19H16N6O3/c1-12-6-8-14(9-7-12)25-11-16(22-24-25)17-21-19(28-23-17)18(26)20-13-4-3-5-15(10-13)27-2/h3-11H,1-2H3,(H,20,26). The quantitative estimate of drug-likeness (QED) is 0.570. The van der Waals surface area contributed by atoms with E-state index < -0.39 is 5.91 Å². The van der Waals surface area contributed by atoms with E-state index >= 15 is 0 Å². The molecule has 4 aromatic rings. The fourth-order valence-electron chi connectivity index (χ4n) is 2.50. The highest BCUT2D eigenvalue weighted by Gasteiger charge is 2.18. The fraction of sp³-hybridized carbons (Fsp3) is 0.105. The van der Waals surface area contributed by atoms with Crippen molar-refractivity contribution in [3.63, 3.8) is 0 Å². The van der Waals surface area contributed by atoms with Crippen molar-refractivity contribution >= 4 is 11.6 Å². The van der Waals surface area contributed by atoms with E-state index in [-0.39, 0.29) is 11.7 Å². The van der Waals surface area contributed by atoms with Crippen molar-refractivity contribution in [3.8, 4) is 23.0 Å². The van der Waals surface area contributed by atoms with Crippen molar-refractivity contribution in [1.82, 2.24) is 25.1 Å². The maximum Gasteiger partial charge on any atom is 0.316 e. The van der Waals surface area contributed by atoms with Crippen LogP contribution in [-0.2, 0) is 0 Å². The van der Waals surface area contributed by atoms with Gasteiger partial charge in [-0.15, -0.1) is 5.10 Å².